The molecule has 0 spiro atoms. The van der Waals surface area contributed by atoms with Crippen LogP contribution in [0, 0.1) is 17.6 Å². The molecule has 49 heavy (non-hydrogen) atoms. The zero-order chi connectivity index (χ0) is 33.4. The third-order valence-corrected chi connectivity index (χ3v) is 9.34. The Bertz CT molecular complexity index is 2270. The number of nitrogens with zero attached hydrogens (tertiary/aromatic N) is 4. The van der Waals surface area contributed by atoms with Gasteiger partial charge in [0.2, 0.25) is 0 Å². The first-order chi connectivity index (χ1) is 24.1. The predicted octanol–water partition coefficient (Wildman–Crippen LogP) is 9.77. The second-order valence-electron chi connectivity index (χ2n) is 12.1. The fraction of sp³-hybridized carbons (Fsp3) is 0.0952. The van der Waals surface area contributed by atoms with E-state index in [9.17, 15) is 8.78 Å². The summed E-state index contributed by atoms with van der Waals surface area (Å²) in [5, 5.41) is 5.43. The number of benzene rings is 5. The largest absolute Gasteiger partial charge is 0.468 e. The van der Waals surface area contributed by atoms with Crippen LogP contribution in [0.2, 0.25) is 0 Å². The molecule has 7 heteroatoms. The molecule has 0 bridgehead atoms. The van der Waals surface area contributed by atoms with Crippen LogP contribution in [0.3, 0.4) is 0 Å². The van der Waals surface area contributed by atoms with Crippen LogP contribution in [-0.2, 0) is 5.54 Å². The van der Waals surface area contributed by atoms with Crippen LogP contribution in [0.1, 0.15) is 17.5 Å². The van der Waals surface area contributed by atoms with E-state index in [1.807, 2.05) is 28.8 Å². The van der Waals surface area contributed by atoms with Crippen molar-refractivity contribution < 1.29 is 13.5 Å². The molecule has 0 saturated heterocycles. The van der Waals surface area contributed by atoms with Gasteiger partial charge in [0.15, 0.2) is 0 Å². The van der Waals surface area contributed by atoms with Gasteiger partial charge >= 0.3 is 6.01 Å². The van der Waals surface area contributed by atoms with Crippen molar-refractivity contribution in [1.82, 2.24) is 19.3 Å². The molecular weight excluding hydrogens is 614 g/mol. The van der Waals surface area contributed by atoms with Crippen molar-refractivity contribution in [1.29, 1.82) is 0 Å². The fourth-order valence-corrected chi connectivity index (χ4v) is 7.09. The molecule has 240 valence electrons. The average Bonchev–Trinajstić information content (AvgIpc) is 3.76. The Morgan fingerprint density at radius 3 is 1.98 bits per heavy atom. The van der Waals surface area contributed by atoms with Gasteiger partial charge in [0.25, 0.3) is 0 Å². The van der Waals surface area contributed by atoms with E-state index in [1.54, 1.807) is 31.4 Å². The first-order valence-electron chi connectivity index (χ1n) is 16.2. The Morgan fingerprint density at radius 1 is 0.735 bits per heavy atom. The first kappa shape index (κ1) is 30.3. The van der Waals surface area contributed by atoms with Crippen molar-refractivity contribution in [2.45, 2.75) is 12.0 Å². The molecule has 0 aliphatic heterocycles. The van der Waals surface area contributed by atoms with Crippen LogP contribution in [0.25, 0.3) is 39.1 Å². The van der Waals surface area contributed by atoms with Crippen LogP contribution < -0.4 is 4.74 Å². The smallest absolute Gasteiger partial charge is 0.301 e. The molecule has 8 rings (SSSR count). The van der Waals surface area contributed by atoms with E-state index in [2.05, 4.69) is 89.8 Å². The molecule has 1 aliphatic carbocycles. The molecule has 5 nitrogen and oxygen atoms in total. The summed E-state index contributed by atoms with van der Waals surface area (Å²) in [6.45, 7) is 0. The van der Waals surface area contributed by atoms with Gasteiger partial charge in [-0.05, 0) is 83.8 Å². The summed E-state index contributed by atoms with van der Waals surface area (Å²) in [5.41, 5.74) is 6.96. The lowest BCUT2D eigenvalue weighted by Crippen LogP contribution is -2.43. The van der Waals surface area contributed by atoms with Crippen LogP contribution in [0.5, 0.6) is 6.01 Å². The number of hydrogen-bond donors (Lipinski definition) is 0. The molecule has 1 unspecified atom stereocenters. The topological polar surface area (TPSA) is 44.9 Å². The molecule has 0 N–H and O–H groups in total. The zero-order valence-electron chi connectivity index (χ0n) is 26.7. The molecule has 0 saturated carbocycles. The number of ether oxygens (including phenoxy) is 1. The highest BCUT2D eigenvalue weighted by atomic mass is 19.1. The van der Waals surface area contributed by atoms with E-state index in [1.165, 1.54) is 24.3 Å². The molecule has 5 aromatic carbocycles. The van der Waals surface area contributed by atoms with Crippen LogP contribution in [0.15, 0.2) is 158 Å². The molecule has 1 aliphatic rings. The lowest BCUT2D eigenvalue weighted by Gasteiger charge is -2.41. The number of halogens is 2. The number of allylic oxidation sites excluding steroid dienone is 4. The molecule has 2 aromatic heterocycles. The average molecular weight is 647 g/mol. The van der Waals surface area contributed by atoms with Crippen LogP contribution in [0.4, 0.5) is 8.78 Å². The van der Waals surface area contributed by atoms with Crippen molar-refractivity contribution >= 4 is 11.0 Å². The summed E-state index contributed by atoms with van der Waals surface area (Å²) in [6.07, 6.45) is 11.6. The van der Waals surface area contributed by atoms with Crippen molar-refractivity contribution in [3.8, 4) is 34.1 Å². The lowest BCUT2D eigenvalue weighted by molar-refractivity contribution is 0.293. The maximum absolute atomic E-state index is 14.3. The van der Waals surface area contributed by atoms with Crippen molar-refractivity contribution in [3.63, 3.8) is 0 Å². The quantitative estimate of drug-likeness (QED) is 0.165. The summed E-state index contributed by atoms with van der Waals surface area (Å²) in [5.74, 6) is -0.612. The number of aromatic nitrogens is 4. The first-order valence-corrected chi connectivity index (χ1v) is 16.2. The maximum Gasteiger partial charge on any atom is 0.301 e. The highest BCUT2D eigenvalue weighted by molar-refractivity contribution is 5.88. The van der Waals surface area contributed by atoms with Crippen molar-refractivity contribution in [2.75, 3.05) is 7.11 Å². The fourth-order valence-electron chi connectivity index (χ4n) is 7.09. The van der Waals surface area contributed by atoms with Crippen molar-refractivity contribution in [2.24, 2.45) is 5.92 Å². The summed E-state index contributed by atoms with van der Waals surface area (Å²) in [6, 6.07) is 40.1. The van der Waals surface area contributed by atoms with Gasteiger partial charge in [-0.1, -0.05) is 91.0 Å². The minimum absolute atomic E-state index is 0.0303. The number of methoxy groups -OCH3 is 1. The third kappa shape index (κ3) is 5.24. The molecule has 2 heterocycles. The molecule has 0 fully saturated rings. The Morgan fingerprint density at radius 2 is 1.37 bits per heavy atom. The summed E-state index contributed by atoms with van der Waals surface area (Å²) in [7, 11) is 1.57. The molecule has 1 atom stereocenters. The molecule has 0 radical (unpaired) electrons. The van der Waals surface area contributed by atoms with Gasteiger partial charge in [-0.2, -0.15) is 10.1 Å². The number of hydrogen-bond acceptors (Lipinski definition) is 3. The van der Waals surface area contributed by atoms with E-state index < -0.39 is 5.54 Å². The van der Waals surface area contributed by atoms with Gasteiger partial charge in [-0.3, -0.25) is 9.25 Å². The van der Waals surface area contributed by atoms with E-state index in [4.69, 9.17) is 14.8 Å². The van der Waals surface area contributed by atoms with Gasteiger partial charge in [0.1, 0.15) is 22.9 Å². The lowest BCUT2D eigenvalue weighted by atomic mass is 9.70. The molecule has 0 amide bonds. The summed E-state index contributed by atoms with van der Waals surface area (Å²) >= 11 is 0. The normalized spacial score (nSPS) is 14.4. The second-order valence-corrected chi connectivity index (χ2v) is 12.1. The van der Waals surface area contributed by atoms with E-state index >= 15 is 0 Å². The highest BCUT2D eigenvalue weighted by Crippen LogP contribution is 2.46. The highest BCUT2D eigenvalue weighted by Gasteiger charge is 2.44. The summed E-state index contributed by atoms with van der Waals surface area (Å²) in [4.78, 5) is 4.71. The third-order valence-electron chi connectivity index (χ3n) is 9.34. The Balaban J connectivity index is 1.42. The van der Waals surface area contributed by atoms with E-state index in [0.717, 1.165) is 51.0 Å². The minimum Gasteiger partial charge on any atom is -0.468 e. The van der Waals surface area contributed by atoms with E-state index in [-0.39, 0.29) is 17.6 Å². The van der Waals surface area contributed by atoms with Gasteiger partial charge in [-0.15, -0.1) is 0 Å². The van der Waals surface area contributed by atoms with Gasteiger partial charge in [0.05, 0.1) is 23.8 Å². The Kier molecular flexibility index (Phi) is 7.72. The minimum atomic E-state index is -0.722. The van der Waals surface area contributed by atoms with Crippen molar-refractivity contribution in [3.05, 3.63) is 181 Å². The molecular formula is C42H32F2N4O. The molecule has 7 aromatic rings. The summed E-state index contributed by atoms with van der Waals surface area (Å²) < 4.78 is 37.8. The monoisotopic (exact) mass is 646 g/mol. The SMILES string of the molecule is COc1nc2ccc(-c3cn(C(c4ccccc4)(c4ccccc4)C4C=CC=CC4)nc3-c3ccc(F)cc3)cc2n1-c1ccc(F)cc1. The predicted molar refractivity (Wildman–Crippen MR) is 190 cm³/mol. The Hall–Kier alpha value is -6.08. The Labute approximate surface area is 283 Å². The number of rotatable bonds is 8. The van der Waals surface area contributed by atoms with Gasteiger partial charge in [0, 0.05) is 23.2 Å². The van der Waals surface area contributed by atoms with Crippen LogP contribution >= 0.6 is 0 Å². The van der Waals surface area contributed by atoms with Gasteiger partial charge < -0.3 is 4.74 Å². The van der Waals surface area contributed by atoms with E-state index in [0.29, 0.717) is 11.7 Å². The van der Waals surface area contributed by atoms with Crippen LogP contribution in [-0.4, -0.2) is 26.4 Å². The number of imidazole rings is 1. The standard InChI is InChI=1S/C42H32F2N4O/c1-49-41-45-38-26-19-30(27-39(38)48(41)36-24-22-35(44)23-25-36)37-28-47(46-40(37)29-17-20-34(43)21-18-29)42(31-11-5-2-6-12-31,32-13-7-3-8-14-32)33-15-9-4-10-16-33/h2-15,17-28,33H,16H2,1H3. The zero-order valence-corrected chi connectivity index (χ0v) is 26.7. The maximum atomic E-state index is 14.3. The second kappa shape index (κ2) is 12.5. The number of fused-ring (bicyclic) bond motifs is 1. The van der Waals surface area contributed by atoms with Gasteiger partial charge in [-0.25, -0.2) is 8.78 Å².